The van der Waals surface area contributed by atoms with Crippen molar-refractivity contribution in [1.29, 1.82) is 0 Å². The summed E-state index contributed by atoms with van der Waals surface area (Å²) in [5.41, 5.74) is 0. The molecule has 0 aromatic heterocycles. The number of hydrogen-bond acceptors (Lipinski definition) is 0. The minimum atomic E-state index is -4.11. The molecule has 25 heavy (non-hydrogen) atoms. The normalized spacial score (nSPS) is 25.3. The smallest absolute Gasteiger partial charge is 0.171 e. The van der Waals surface area contributed by atoms with Crippen LogP contribution in [0.5, 0.6) is 0 Å². The first-order valence-corrected chi connectivity index (χ1v) is 10.8. The molecule has 0 bridgehead atoms. The third kappa shape index (κ3) is 12.3. The summed E-state index contributed by atoms with van der Waals surface area (Å²) in [7, 11) is 0. The van der Waals surface area contributed by atoms with Crippen molar-refractivity contribution in [3.63, 3.8) is 0 Å². The van der Waals surface area contributed by atoms with E-state index in [2.05, 4.69) is 22.6 Å². The zero-order valence-corrected chi connectivity index (χ0v) is 16.7. The summed E-state index contributed by atoms with van der Waals surface area (Å²) in [6.07, 6.45) is -2.31. The summed E-state index contributed by atoms with van der Waals surface area (Å²) >= 11 is 2.33. The minimum Gasteiger partial charge on any atom is -0.171 e. The van der Waals surface area contributed by atoms with Crippen LogP contribution in [0.1, 0.15) is 77.0 Å². The molecular weight excluding hydrogens is 457 g/mol. The zero-order chi connectivity index (χ0) is 18.9. The summed E-state index contributed by atoms with van der Waals surface area (Å²) in [5.74, 6) is 0.969. The van der Waals surface area contributed by atoms with Gasteiger partial charge >= 0.3 is 12.4 Å². The number of alkyl halides is 7. The van der Waals surface area contributed by atoms with Crippen molar-refractivity contribution >= 4 is 22.6 Å². The van der Waals surface area contributed by atoms with Crippen LogP contribution in [0, 0.1) is 17.8 Å². The van der Waals surface area contributed by atoms with Gasteiger partial charge in [0, 0.05) is 12.8 Å². The molecule has 0 saturated heterocycles. The monoisotopic (exact) mass is 486 g/mol. The Hall–Kier alpha value is 0.310. The predicted molar refractivity (Wildman–Crippen MR) is 96.9 cm³/mol. The third-order valence-electron chi connectivity index (χ3n) is 5.14. The summed E-state index contributed by atoms with van der Waals surface area (Å²) < 4.78 is 75.1. The second-order valence-corrected chi connectivity index (χ2v) is 8.58. The average molecular weight is 486 g/mol. The Morgan fingerprint density at radius 1 is 0.600 bits per heavy atom. The Morgan fingerprint density at radius 2 is 0.960 bits per heavy atom. The van der Waals surface area contributed by atoms with Gasteiger partial charge in [0.25, 0.3) is 0 Å². The van der Waals surface area contributed by atoms with Crippen LogP contribution < -0.4 is 0 Å². The molecule has 150 valence electrons. The van der Waals surface area contributed by atoms with Crippen molar-refractivity contribution in [1.82, 2.24) is 0 Å². The van der Waals surface area contributed by atoms with E-state index in [1.807, 2.05) is 0 Å². The zero-order valence-electron chi connectivity index (χ0n) is 14.6. The maximum atomic E-state index is 12.3. The van der Waals surface area contributed by atoms with Crippen LogP contribution in [-0.2, 0) is 0 Å². The lowest BCUT2D eigenvalue weighted by Gasteiger charge is -2.35. The van der Waals surface area contributed by atoms with E-state index >= 15 is 0 Å². The van der Waals surface area contributed by atoms with Crippen LogP contribution in [0.15, 0.2) is 0 Å². The standard InChI is InChI=1S/C18H29F6I/c19-17(20,21)8-3-6-15-11-14(5-1-2-10-25)12-16(13-15)7-4-9-18(22,23)24/h14-16H,1-13H2. The van der Waals surface area contributed by atoms with Gasteiger partial charge in [0.15, 0.2) is 0 Å². The van der Waals surface area contributed by atoms with Crippen LogP contribution in [0.2, 0.25) is 0 Å². The molecule has 0 amide bonds. The summed E-state index contributed by atoms with van der Waals surface area (Å²) in [5, 5.41) is 0. The average Bonchev–Trinajstić information content (AvgIpc) is 2.45. The predicted octanol–water partition coefficient (Wildman–Crippen LogP) is 8.09. The second-order valence-electron chi connectivity index (χ2n) is 7.50. The highest BCUT2D eigenvalue weighted by molar-refractivity contribution is 14.1. The van der Waals surface area contributed by atoms with Gasteiger partial charge in [-0.15, -0.1) is 0 Å². The van der Waals surface area contributed by atoms with E-state index in [9.17, 15) is 26.3 Å². The van der Waals surface area contributed by atoms with Crippen LogP contribution in [0.4, 0.5) is 26.3 Å². The maximum absolute atomic E-state index is 12.3. The molecule has 1 aliphatic carbocycles. The van der Waals surface area contributed by atoms with Gasteiger partial charge in [-0.1, -0.05) is 48.3 Å². The highest BCUT2D eigenvalue weighted by atomic mass is 127. The van der Waals surface area contributed by atoms with Crippen LogP contribution >= 0.6 is 22.6 Å². The van der Waals surface area contributed by atoms with E-state index < -0.39 is 25.2 Å². The Balaban J connectivity index is 2.46. The van der Waals surface area contributed by atoms with Crippen LogP contribution in [0.25, 0.3) is 0 Å². The van der Waals surface area contributed by atoms with Gasteiger partial charge in [-0.05, 0) is 60.7 Å². The second kappa shape index (κ2) is 11.2. The van der Waals surface area contributed by atoms with Gasteiger partial charge in [-0.3, -0.25) is 0 Å². The van der Waals surface area contributed by atoms with E-state index in [-0.39, 0.29) is 24.7 Å². The van der Waals surface area contributed by atoms with Crippen molar-refractivity contribution in [3.05, 3.63) is 0 Å². The fraction of sp³-hybridized carbons (Fsp3) is 1.00. The van der Waals surface area contributed by atoms with Gasteiger partial charge in [0.05, 0.1) is 0 Å². The lowest BCUT2D eigenvalue weighted by atomic mass is 9.70. The van der Waals surface area contributed by atoms with E-state index in [0.717, 1.165) is 43.0 Å². The van der Waals surface area contributed by atoms with Crippen LogP contribution in [0.3, 0.4) is 0 Å². The fourth-order valence-electron chi connectivity index (χ4n) is 4.12. The highest BCUT2D eigenvalue weighted by Crippen LogP contribution is 2.41. The topological polar surface area (TPSA) is 0 Å². The molecule has 1 aliphatic rings. The molecule has 0 spiro atoms. The Kier molecular flexibility index (Phi) is 10.5. The lowest BCUT2D eigenvalue weighted by Crippen LogP contribution is -2.24. The molecule has 1 rings (SSSR count). The number of halogens is 7. The molecule has 0 heterocycles. The van der Waals surface area contributed by atoms with Crippen molar-refractivity contribution in [2.45, 2.75) is 89.4 Å². The molecule has 0 radical (unpaired) electrons. The molecular formula is C18H29F6I. The molecule has 1 fully saturated rings. The molecule has 0 N–H and O–H groups in total. The highest BCUT2D eigenvalue weighted by Gasteiger charge is 2.32. The number of hydrogen-bond donors (Lipinski definition) is 0. The Morgan fingerprint density at radius 3 is 1.28 bits per heavy atom. The SMILES string of the molecule is FC(F)(F)CCCC1CC(CCCCI)CC(CCCC(F)(F)F)C1. The number of unbranched alkanes of at least 4 members (excludes halogenated alkanes) is 1. The fourth-order valence-corrected chi connectivity index (χ4v) is 4.66. The number of rotatable bonds is 10. The quantitative estimate of drug-likeness (QED) is 0.127. The maximum Gasteiger partial charge on any atom is 0.389 e. The van der Waals surface area contributed by atoms with Gasteiger partial charge < -0.3 is 0 Å². The van der Waals surface area contributed by atoms with Gasteiger partial charge in [0.1, 0.15) is 0 Å². The Labute approximate surface area is 160 Å². The van der Waals surface area contributed by atoms with Gasteiger partial charge in [-0.25, -0.2) is 0 Å². The molecule has 0 aliphatic heterocycles. The molecule has 1 saturated carbocycles. The first-order valence-electron chi connectivity index (χ1n) is 9.28. The molecule has 2 atom stereocenters. The largest absolute Gasteiger partial charge is 0.389 e. The molecule has 7 heteroatoms. The van der Waals surface area contributed by atoms with Crippen molar-refractivity contribution in [2.75, 3.05) is 4.43 Å². The first-order chi connectivity index (χ1) is 11.6. The van der Waals surface area contributed by atoms with Crippen molar-refractivity contribution < 1.29 is 26.3 Å². The van der Waals surface area contributed by atoms with E-state index in [1.165, 1.54) is 0 Å². The third-order valence-corrected chi connectivity index (χ3v) is 5.90. The van der Waals surface area contributed by atoms with Gasteiger partial charge in [0.2, 0.25) is 0 Å². The summed E-state index contributed by atoms with van der Waals surface area (Å²) in [4.78, 5) is 0. The van der Waals surface area contributed by atoms with E-state index in [1.54, 1.807) is 0 Å². The van der Waals surface area contributed by atoms with E-state index in [0.29, 0.717) is 18.8 Å². The Bertz CT molecular complexity index is 324. The van der Waals surface area contributed by atoms with Gasteiger partial charge in [-0.2, -0.15) is 26.3 Å². The molecule has 0 aromatic carbocycles. The first kappa shape index (κ1) is 23.3. The van der Waals surface area contributed by atoms with Crippen molar-refractivity contribution in [2.24, 2.45) is 17.8 Å². The summed E-state index contributed by atoms with van der Waals surface area (Å²) in [6.45, 7) is 0. The molecule has 2 unspecified atom stereocenters. The minimum absolute atomic E-state index is 0.143. The summed E-state index contributed by atoms with van der Waals surface area (Å²) in [6, 6.07) is 0. The van der Waals surface area contributed by atoms with E-state index in [4.69, 9.17) is 0 Å². The van der Waals surface area contributed by atoms with Crippen molar-refractivity contribution in [3.8, 4) is 0 Å². The lowest BCUT2D eigenvalue weighted by molar-refractivity contribution is -0.136. The molecule has 0 aromatic rings. The molecule has 0 nitrogen and oxygen atoms in total. The van der Waals surface area contributed by atoms with Crippen LogP contribution in [-0.4, -0.2) is 16.8 Å².